The second-order valence-electron chi connectivity index (χ2n) is 2.79. The number of oxime groups is 1. The van der Waals surface area contributed by atoms with E-state index in [1.165, 1.54) is 6.07 Å². The SMILES string of the molecule is CC.CC1=NOC(=O)C1.CS.Cc1cc(=O)[nH]o1. The van der Waals surface area contributed by atoms with E-state index in [2.05, 4.69) is 32.3 Å². The molecule has 18 heavy (non-hydrogen) atoms. The fourth-order valence-corrected chi connectivity index (χ4v) is 0.777. The van der Waals surface area contributed by atoms with E-state index in [1.807, 2.05) is 13.8 Å². The van der Waals surface area contributed by atoms with Gasteiger partial charge in [-0.3, -0.25) is 4.79 Å². The highest BCUT2D eigenvalue weighted by Gasteiger charge is 2.11. The Morgan fingerprint density at radius 1 is 1.28 bits per heavy atom. The van der Waals surface area contributed by atoms with Gasteiger partial charge in [-0.2, -0.15) is 17.8 Å². The van der Waals surface area contributed by atoms with Gasteiger partial charge in [-0.05, 0) is 20.1 Å². The van der Waals surface area contributed by atoms with Gasteiger partial charge in [0.05, 0.1) is 12.1 Å². The van der Waals surface area contributed by atoms with Gasteiger partial charge in [-0.15, -0.1) is 0 Å². The van der Waals surface area contributed by atoms with Crippen molar-refractivity contribution in [3.05, 3.63) is 22.2 Å². The molecule has 1 aromatic rings. The number of aromatic amines is 1. The van der Waals surface area contributed by atoms with Crippen molar-refractivity contribution in [1.82, 2.24) is 5.16 Å². The maximum Gasteiger partial charge on any atom is 0.340 e. The van der Waals surface area contributed by atoms with Crippen molar-refractivity contribution in [2.45, 2.75) is 34.1 Å². The molecule has 0 unspecified atom stereocenters. The van der Waals surface area contributed by atoms with Crippen LogP contribution in [0.5, 0.6) is 0 Å². The zero-order valence-electron chi connectivity index (χ0n) is 11.3. The zero-order chi connectivity index (χ0) is 14.6. The number of rotatable bonds is 0. The highest BCUT2D eigenvalue weighted by molar-refractivity contribution is 7.79. The largest absolute Gasteiger partial charge is 0.384 e. The molecule has 0 saturated heterocycles. The van der Waals surface area contributed by atoms with Gasteiger partial charge in [-0.25, -0.2) is 4.79 Å². The van der Waals surface area contributed by atoms with E-state index < -0.39 is 0 Å². The van der Waals surface area contributed by atoms with Crippen LogP contribution in [0.1, 0.15) is 33.0 Å². The maximum atomic E-state index is 10.1. The fourth-order valence-electron chi connectivity index (χ4n) is 0.777. The first-order valence-corrected chi connectivity index (χ1v) is 6.30. The van der Waals surface area contributed by atoms with Crippen LogP contribution in [-0.2, 0) is 9.63 Å². The number of aryl methyl sites for hydroxylation is 1. The van der Waals surface area contributed by atoms with Gasteiger partial charge in [0.15, 0.2) is 0 Å². The number of nitrogens with one attached hydrogen (secondary N) is 1. The van der Waals surface area contributed by atoms with Crippen molar-refractivity contribution in [1.29, 1.82) is 0 Å². The van der Waals surface area contributed by atoms with Gasteiger partial charge in [0, 0.05) is 6.07 Å². The number of aromatic nitrogens is 1. The maximum absolute atomic E-state index is 10.1. The van der Waals surface area contributed by atoms with Crippen molar-refractivity contribution in [3.8, 4) is 0 Å². The number of nitrogens with zero attached hydrogens (tertiary/aromatic N) is 1. The Morgan fingerprint density at radius 2 is 1.83 bits per heavy atom. The van der Waals surface area contributed by atoms with E-state index in [9.17, 15) is 9.59 Å². The summed E-state index contributed by atoms with van der Waals surface area (Å²) >= 11 is 3.53. The summed E-state index contributed by atoms with van der Waals surface area (Å²) < 4.78 is 4.53. The van der Waals surface area contributed by atoms with Crippen LogP contribution in [0.25, 0.3) is 0 Å². The lowest BCUT2D eigenvalue weighted by atomic mass is 10.3. The van der Waals surface area contributed by atoms with Crippen LogP contribution < -0.4 is 5.56 Å². The summed E-state index contributed by atoms with van der Waals surface area (Å²) in [6.45, 7) is 7.46. The standard InChI is InChI=1S/2C4H5NO2.C2H6.CH4S/c1-3-2-4(6)5-7-3;1-3-2-4(6)7-5-3;2*1-2/h2H,1H3,(H,5,6);2H2,1H3;1-2H3;2H,1H3. The van der Waals surface area contributed by atoms with Gasteiger partial charge in [0.1, 0.15) is 5.76 Å². The number of thiol groups is 1. The van der Waals surface area contributed by atoms with E-state index in [0.717, 1.165) is 5.71 Å². The summed E-state index contributed by atoms with van der Waals surface area (Å²) in [5.74, 6) is 0.363. The minimum Gasteiger partial charge on any atom is -0.384 e. The molecule has 0 amide bonds. The lowest BCUT2D eigenvalue weighted by Crippen LogP contribution is -1.92. The summed E-state index contributed by atoms with van der Waals surface area (Å²) in [6.07, 6.45) is 2.06. The van der Waals surface area contributed by atoms with Crippen molar-refractivity contribution in [2.24, 2.45) is 5.16 Å². The minimum atomic E-state index is -0.252. The molecule has 1 aliphatic heterocycles. The Labute approximate surface area is 112 Å². The summed E-state index contributed by atoms with van der Waals surface area (Å²) in [5, 5.41) is 5.52. The molecule has 2 rings (SSSR count). The van der Waals surface area contributed by atoms with Gasteiger partial charge in [0.2, 0.25) is 0 Å². The molecule has 7 heteroatoms. The van der Waals surface area contributed by atoms with Gasteiger partial charge < -0.3 is 9.36 Å². The number of carbonyl (C=O) groups is 1. The smallest absolute Gasteiger partial charge is 0.340 e. The Morgan fingerprint density at radius 3 is 1.94 bits per heavy atom. The molecule has 0 atom stereocenters. The van der Waals surface area contributed by atoms with Crippen LogP contribution in [0.4, 0.5) is 0 Å². The van der Waals surface area contributed by atoms with E-state index in [1.54, 1.807) is 20.1 Å². The Balaban J connectivity index is 0. The Bertz CT molecular complexity index is 409. The average molecular weight is 276 g/mol. The molecule has 104 valence electrons. The minimum absolute atomic E-state index is 0.183. The fraction of sp³-hybridized carbons (Fsp3) is 0.545. The number of hydrogen-bond acceptors (Lipinski definition) is 6. The zero-order valence-corrected chi connectivity index (χ0v) is 12.2. The van der Waals surface area contributed by atoms with E-state index in [0.29, 0.717) is 12.2 Å². The van der Waals surface area contributed by atoms with Gasteiger partial charge in [-0.1, -0.05) is 19.0 Å². The Hall–Kier alpha value is -1.50. The predicted molar refractivity (Wildman–Crippen MR) is 74.1 cm³/mol. The normalized spacial score (nSPS) is 11.7. The van der Waals surface area contributed by atoms with Gasteiger partial charge in [0.25, 0.3) is 5.56 Å². The highest BCUT2D eigenvalue weighted by Crippen LogP contribution is 1.99. The molecular weight excluding hydrogens is 256 g/mol. The van der Waals surface area contributed by atoms with Gasteiger partial charge >= 0.3 is 5.97 Å². The third-order valence-corrected chi connectivity index (χ3v) is 1.35. The first-order valence-electron chi connectivity index (χ1n) is 5.41. The molecular formula is C11H20N2O4S. The van der Waals surface area contributed by atoms with E-state index in [4.69, 9.17) is 0 Å². The van der Waals surface area contributed by atoms with Crippen LogP contribution in [0.3, 0.4) is 0 Å². The molecule has 6 nitrogen and oxygen atoms in total. The van der Waals surface area contributed by atoms with E-state index in [-0.39, 0.29) is 11.5 Å². The van der Waals surface area contributed by atoms with Crippen LogP contribution >= 0.6 is 12.6 Å². The van der Waals surface area contributed by atoms with Crippen LogP contribution in [0.15, 0.2) is 20.5 Å². The van der Waals surface area contributed by atoms with E-state index >= 15 is 0 Å². The molecule has 0 spiro atoms. The summed E-state index contributed by atoms with van der Waals surface area (Å²) in [5.41, 5.74) is 0.572. The highest BCUT2D eigenvalue weighted by atomic mass is 32.1. The second-order valence-corrected chi connectivity index (χ2v) is 2.79. The number of hydrogen-bond donors (Lipinski definition) is 2. The monoisotopic (exact) mass is 276 g/mol. The van der Waals surface area contributed by atoms with Crippen molar-refractivity contribution >= 4 is 24.3 Å². The third kappa shape index (κ3) is 9.71. The summed E-state index contributed by atoms with van der Waals surface area (Å²) in [6, 6.07) is 1.39. The molecule has 0 aromatic carbocycles. The topological polar surface area (TPSA) is 84.7 Å². The molecule has 2 heterocycles. The summed E-state index contributed by atoms with van der Waals surface area (Å²) in [7, 11) is 0. The second kappa shape index (κ2) is 12.0. The number of carbonyl (C=O) groups excluding carboxylic acids is 1. The van der Waals surface area contributed by atoms with Crippen LogP contribution in [0, 0.1) is 6.92 Å². The molecule has 0 aliphatic carbocycles. The van der Waals surface area contributed by atoms with Crippen molar-refractivity contribution < 1.29 is 14.2 Å². The predicted octanol–water partition coefficient (Wildman–Crippen LogP) is 2.16. The molecule has 1 N–H and O–H groups in total. The first kappa shape index (κ1) is 18.9. The molecule has 1 aliphatic rings. The Kier molecular flexibility index (Phi) is 12.5. The van der Waals surface area contributed by atoms with Crippen LogP contribution in [0.2, 0.25) is 0 Å². The quantitative estimate of drug-likeness (QED) is 0.561. The average Bonchev–Trinajstić information content (AvgIpc) is 2.93. The molecule has 1 aromatic heterocycles. The van der Waals surface area contributed by atoms with Crippen molar-refractivity contribution in [3.63, 3.8) is 0 Å². The first-order chi connectivity index (χ1) is 8.58. The van der Waals surface area contributed by atoms with Crippen LogP contribution in [-0.4, -0.2) is 23.1 Å². The molecule has 0 radical (unpaired) electrons. The molecule has 0 bridgehead atoms. The third-order valence-electron chi connectivity index (χ3n) is 1.35. The molecule has 0 saturated carbocycles. The molecule has 0 fully saturated rings. The summed E-state index contributed by atoms with van der Waals surface area (Å²) in [4.78, 5) is 24.5. The lowest BCUT2D eigenvalue weighted by Gasteiger charge is -1.75. The number of H-pyrrole nitrogens is 1. The lowest BCUT2D eigenvalue weighted by molar-refractivity contribution is -0.140. The van der Waals surface area contributed by atoms with Crippen molar-refractivity contribution in [2.75, 3.05) is 6.26 Å².